The number of nitrogens with one attached hydrogen (secondary N) is 1. The molecule has 2 atom stereocenters. The summed E-state index contributed by atoms with van der Waals surface area (Å²) in [5.41, 5.74) is 1.26. The van der Waals surface area contributed by atoms with Crippen LogP contribution >= 0.6 is 11.3 Å². The molecule has 1 fully saturated rings. The van der Waals surface area contributed by atoms with Crippen molar-refractivity contribution < 1.29 is 13.5 Å². The SMILES string of the molecule is Cc1cc(CNC2CS(=O)(=O)CC2O)sc1C. The lowest BCUT2D eigenvalue weighted by Crippen LogP contribution is -2.38. The van der Waals surface area contributed by atoms with Gasteiger partial charge < -0.3 is 10.4 Å². The van der Waals surface area contributed by atoms with E-state index in [9.17, 15) is 13.5 Å². The Bertz CT molecular complexity index is 487. The number of rotatable bonds is 3. The van der Waals surface area contributed by atoms with Crippen molar-refractivity contribution in [3.05, 3.63) is 21.4 Å². The maximum atomic E-state index is 11.3. The molecule has 1 saturated heterocycles. The molecule has 0 aliphatic carbocycles. The van der Waals surface area contributed by atoms with Gasteiger partial charge in [-0.15, -0.1) is 11.3 Å². The fourth-order valence-corrected chi connectivity index (χ4v) is 4.77. The van der Waals surface area contributed by atoms with E-state index >= 15 is 0 Å². The van der Waals surface area contributed by atoms with E-state index in [4.69, 9.17) is 0 Å². The molecule has 0 spiro atoms. The van der Waals surface area contributed by atoms with Gasteiger partial charge in [0.05, 0.1) is 17.6 Å². The Labute approximate surface area is 106 Å². The Morgan fingerprint density at radius 2 is 2.18 bits per heavy atom. The summed E-state index contributed by atoms with van der Waals surface area (Å²) in [6, 6.07) is 1.77. The first-order chi connectivity index (χ1) is 7.87. The minimum absolute atomic E-state index is 0.0392. The average Bonchev–Trinajstić information content (AvgIpc) is 2.64. The fourth-order valence-electron chi connectivity index (χ4n) is 1.99. The minimum atomic E-state index is -3.06. The van der Waals surface area contributed by atoms with E-state index in [1.165, 1.54) is 15.3 Å². The highest BCUT2D eigenvalue weighted by molar-refractivity contribution is 7.91. The molecule has 0 radical (unpaired) electrons. The highest BCUT2D eigenvalue weighted by atomic mass is 32.2. The van der Waals surface area contributed by atoms with Gasteiger partial charge in [0.1, 0.15) is 0 Å². The van der Waals surface area contributed by atoms with Crippen molar-refractivity contribution in [1.82, 2.24) is 5.32 Å². The van der Waals surface area contributed by atoms with E-state index < -0.39 is 15.9 Å². The third kappa shape index (κ3) is 3.07. The zero-order valence-corrected chi connectivity index (χ0v) is 11.6. The van der Waals surface area contributed by atoms with E-state index in [0.29, 0.717) is 6.54 Å². The molecule has 1 aliphatic rings. The van der Waals surface area contributed by atoms with Gasteiger partial charge in [-0.1, -0.05) is 0 Å². The summed E-state index contributed by atoms with van der Waals surface area (Å²) in [5.74, 6) is -0.0787. The number of sulfone groups is 1. The van der Waals surface area contributed by atoms with Gasteiger partial charge in [0, 0.05) is 22.3 Å². The molecule has 0 aromatic carbocycles. The smallest absolute Gasteiger partial charge is 0.154 e. The van der Waals surface area contributed by atoms with E-state index in [2.05, 4.69) is 25.2 Å². The van der Waals surface area contributed by atoms with Crippen LogP contribution in [0.1, 0.15) is 15.3 Å². The average molecular weight is 275 g/mol. The van der Waals surface area contributed by atoms with E-state index in [-0.39, 0.29) is 17.5 Å². The standard InChI is InChI=1S/C11H17NO3S2/c1-7-3-9(16-8(7)2)4-12-10-5-17(14,15)6-11(10)13/h3,10-13H,4-6H2,1-2H3. The first-order valence-corrected chi connectivity index (χ1v) is 8.19. The van der Waals surface area contributed by atoms with Crippen LogP contribution in [0, 0.1) is 13.8 Å². The van der Waals surface area contributed by atoms with Gasteiger partial charge in [-0.3, -0.25) is 0 Å². The number of hydrogen-bond donors (Lipinski definition) is 2. The number of aliphatic hydroxyl groups is 1. The molecule has 6 heteroatoms. The van der Waals surface area contributed by atoms with Crippen LogP contribution in [0.25, 0.3) is 0 Å². The number of aryl methyl sites for hydroxylation is 2. The Morgan fingerprint density at radius 3 is 2.65 bits per heavy atom. The maximum Gasteiger partial charge on any atom is 0.154 e. The van der Waals surface area contributed by atoms with Crippen molar-refractivity contribution in [1.29, 1.82) is 0 Å². The molecule has 17 heavy (non-hydrogen) atoms. The third-order valence-corrected chi connectivity index (χ3v) is 5.95. The largest absolute Gasteiger partial charge is 0.390 e. The minimum Gasteiger partial charge on any atom is -0.390 e. The van der Waals surface area contributed by atoms with Crippen LogP contribution in [0.5, 0.6) is 0 Å². The molecule has 2 unspecified atom stereocenters. The van der Waals surface area contributed by atoms with Crippen molar-refractivity contribution in [2.45, 2.75) is 32.5 Å². The molecule has 0 saturated carbocycles. The van der Waals surface area contributed by atoms with Gasteiger partial charge in [0.25, 0.3) is 0 Å². The second-order valence-electron chi connectivity index (χ2n) is 4.58. The molecule has 1 aromatic rings. The van der Waals surface area contributed by atoms with Crippen molar-refractivity contribution in [3.63, 3.8) is 0 Å². The summed E-state index contributed by atoms with van der Waals surface area (Å²) in [6.07, 6.45) is -0.776. The second kappa shape index (κ2) is 4.68. The van der Waals surface area contributed by atoms with Crippen LogP contribution < -0.4 is 5.32 Å². The second-order valence-corrected chi connectivity index (χ2v) is 8.08. The molecule has 0 bridgehead atoms. The molecule has 1 aliphatic heterocycles. The molecule has 2 heterocycles. The van der Waals surface area contributed by atoms with Crippen LogP contribution in [0.15, 0.2) is 6.07 Å². The van der Waals surface area contributed by atoms with Crippen molar-refractivity contribution in [2.24, 2.45) is 0 Å². The normalized spacial score (nSPS) is 27.5. The monoisotopic (exact) mass is 275 g/mol. The van der Waals surface area contributed by atoms with Crippen molar-refractivity contribution in [3.8, 4) is 0 Å². The third-order valence-electron chi connectivity index (χ3n) is 3.08. The van der Waals surface area contributed by atoms with E-state index in [1.54, 1.807) is 11.3 Å². The number of thiophene rings is 1. The van der Waals surface area contributed by atoms with Crippen LogP contribution in [-0.2, 0) is 16.4 Å². The molecule has 4 nitrogen and oxygen atoms in total. The van der Waals surface area contributed by atoms with Crippen LogP contribution in [-0.4, -0.2) is 37.2 Å². The number of hydrogen-bond acceptors (Lipinski definition) is 5. The molecular weight excluding hydrogens is 258 g/mol. The van der Waals surface area contributed by atoms with Gasteiger partial charge in [0.15, 0.2) is 9.84 Å². The highest BCUT2D eigenvalue weighted by Gasteiger charge is 2.35. The summed E-state index contributed by atoms with van der Waals surface area (Å²) in [4.78, 5) is 2.46. The first kappa shape index (κ1) is 13.0. The Morgan fingerprint density at radius 1 is 1.47 bits per heavy atom. The molecule has 1 aromatic heterocycles. The van der Waals surface area contributed by atoms with Crippen LogP contribution in [0.3, 0.4) is 0 Å². The first-order valence-electron chi connectivity index (χ1n) is 5.55. The lowest BCUT2D eigenvalue weighted by molar-refractivity contribution is 0.165. The lowest BCUT2D eigenvalue weighted by atomic mass is 10.2. The number of aliphatic hydroxyl groups excluding tert-OH is 1. The van der Waals surface area contributed by atoms with Gasteiger partial charge in [-0.2, -0.15) is 0 Å². The maximum absolute atomic E-state index is 11.3. The quantitative estimate of drug-likeness (QED) is 0.848. The summed E-state index contributed by atoms with van der Waals surface area (Å²) in [6.45, 7) is 4.75. The summed E-state index contributed by atoms with van der Waals surface area (Å²) >= 11 is 1.71. The topological polar surface area (TPSA) is 66.4 Å². The predicted octanol–water partition coefficient (Wildman–Crippen LogP) is 0.612. The molecule has 96 valence electrons. The predicted molar refractivity (Wildman–Crippen MR) is 69.1 cm³/mol. The Kier molecular flexibility index (Phi) is 3.58. The van der Waals surface area contributed by atoms with Gasteiger partial charge in [-0.05, 0) is 25.5 Å². The Hall–Kier alpha value is -0.430. The van der Waals surface area contributed by atoms with Crippen molar-refractivity contribution in [2.75, 3.05) is 11.5 Å². The zero-order chi connectivity index (χ0) is 12.6. The van der Waals surface area contributed by atoms with Gasteiger partial charge in [0.2, 0.25) is 0 Å². The molecular formula is C11H17NO3S2. The van der Waals surface area contributed by atoms with Gasteiger partial charge in [-0.25, -0.2) is 8.42 Å². The van der Waals surface area contributed by atoms with Crippen LogP contribution in [0.4, 0.5) is 0 Å². The molecule has 2 rings (SSSR count). The summed E-state index contributed by atoms with van der Waals surface area (Å²) < 4.78 is 22.6. The highest BCUT2D eigenvalue weighted by Crippen LogP contribution is 2.21. The molecule has 2 N–H and O–H groups in total. The van der Waals surface area contributed by atoms with Crippen molar-refractivity contribution >= 4 is 21.2 Å². The zero-order valence-electron chi connectivity index (χ0n) is 9.93. The lowest BCUT2D eigenvalue weighted by Gasteiger charge is -2.13. The summed E-state index contributed by atoms with van der Waals surface area (Å²) in [7, 11) is -3.06. The Balaban J connectivity index is 1.95. The van der Waals surface area contributed by atoms with E-state index in [1.807, 2.05) is 0 Å². The summed E-state index contributed by atoms with van der Waals surface area (Å²) in [5, 5.41) is 12.7. The van der Waals surface area contributed by atoms with Crippen LogP contribution in [0.2, 0.25) is 0 Å². The van der Waals surface area contributed by atoms with Gasteiger partial charge >= 0.3 is 0 Å². The fraction of sp³-hybridized carbons (Fsp3) is 0.636. The molecule has 0 amide bonds. The van der Waals surface area contributed by atoms with E-state index in [0.717, 1.165) is 0 Å².